The zero-order chi connectivity index (χ0) is 17.0. The highest BCUT2D eigenvalue weighted by molar-refractivity contribution is 5.76. The molecule has 0 saturated heterocycles. The van der Waals surface area contributed by atoms with Crippen LogP contribution in [0.2, 0.25) is 0 Å². The van der Waals surface area contributed by atoms with E-state index in [1.165, 1.54) is 0 Å². The minimum absolute atomic E-state index is 0.235. The third kappa shape index (κ3) is 4.06. The summed E-state index contributed by atoms with van der Waals surface area (Å²) < 4.78 is 0. The van der Waals surface area contributed by atoms with Crippen LogP contribution >= 0.6 is 0 Å². The van der Waals surface area contributed by atoms with Crippen molar-refractivity contribution in [1.82, 2.24) is 20.6 Å². The number of H-pyrrole nitrogens is 1. The first-order valence-corrected chi connectivity index (χ1v) is 8.77. The molecule has 24 heavy (non-hydrogen) atoms. The Labute approximate surface area is 142 Å². The second-order valence-corrected chi connectivity index (χ2v) is 6.83. The minimum atomic E-state index is -0.767. The van der Waals surface area contributed by atoms with Gasteiger partial charge in [0.1, 0.15) is 5.82 Å². The minimum Gasteiger partial charge on any atom is -0.388 e. The molecule has 0 radical (unpaired) electrons. The van der Waals surface area contributed by atoms with Gasteiger partial charge in [0.15, 0.2) is 0 Å². The molecule has 1 fully saturated rings. The van der Waals surface area contributed by atoms with Crippen molar-refractivity contribution >= 4 is 17.1 Å². The van der Waals surface area contributed by atoms with Crippen LogP contribution in [-0.2, 0) is 0 Å². The van der Waals surface area contributed by atoms with Gasteiger partial charge < -0.3 is 20.7 Å². The van der Waals surface area contributed by atoms with Crippen LogP contribution in [0.1, 0.15) is 57.3 Å². The lowest BCUT2D eigenvalue weighted by atomic mass is 9.95. The fourth-order valence-corrected chi connectivity index (χ4v) is 3.30. The van der Waals surface area contributed by atoms with Crippen LogP contribution in [0.3, 0.4) is 0 Å². The van der Waals surface area contributed by atoms with Crippen molar-refractivity contribution in [2.24, 2.45) is 0 Å². The van der Waals surface area contributed by atoms with Gasteiger partial charge in [0.2, 0.25) is 0 Å². The van der Waals surface area contributed by atoms with E-state index in [9.17, 15) is 9.90 Å². The molecule has 1 unspecified atom stereocenters. The monoisotopic (exact) mass is 330 g/mol. The number of aromatic amines is 1. The molecule has 2 aromatic rings. The summed E-state index contributed by atoms with van der Waals surface area (Å²) in [7, 11) is 0. The van der Waals surface area contributed by atoms with Crippen LogP contribution in [0.5, 0.6) is 0 Å². The average molecular weight is 330 g/mol. The number of amides is 2. The number of hydrogen-bond acceptors (Lipinski definition) is 3. The molecule has 3 rings (SSSR count). The van der Waals surface area contributed by atoms with Gasteiger partial charge in [-0.1, -0.05) is 37.8 Å². The summed E-state index contributed by atoms with van der Waals surface area (Å²) in [6.45, 7) is 2.18. The Kier molecular flexibility index (Phi) is 5.04. The first kappa shape index (κ1) is 16.8. The molecule has 0 aliphatic heterocycles. The normalized spacial score (nSPS) is 18.8. The smallest absolute Gasteiger partial charge is 0.315 e. The molecule has 4 N–H and O–H groups in total. The molecule has 1 aliphatic rings. The Morgan fingerprint density at radius 3 is 2.71 bits per heavy atom. The maximum atomic E-state index is 12.1. The van der Waals surface area contributed by atoms with E-state index in [1.54, 1.807) is 0 Å². The molecule has 6 heteroatoms. The van der Waals surface area contributed by atoms with E-state index < -0.39 is 5.60 Å². The number of fused-ring (bicyclic) bond motifs is 1. The molecule has 1 heterocycles. The molecule has 0 spiro atoms. The van der Waals surface area contributed by atoms with Crippen molar-refractivity contribution in [3.63, 3.8) is 0 Å². The highest BCUT2D eigenvalue weighted by Gasteiger charge is 2.28. The standard InChI is InChI=1S/C18H26N4O2/c1-13(16-21-14-8-4-5-9-15(14)22-16)20-17(23)19-12-18(24)10-6-2-3-7-11-18/h4-5,8-9,13,24H,2-3,6-7,10-12H2,1H3,(H,21,22)(H2,19,20,23). The number of para-hydroxylation sites is 2. The van der Waals surface area contributed by atoms with Gasteiger partial charge in [-0.25, -0.2) is 9.78 Å². The van der Waals surface area contributed by atoms with Crippen molar-refractivity contribution in [3.05, 3.63) is 30.1 Å². The van der Waals surface area contributed by atoms with Gasteiger partial charge in [0.25, 0.3) is 0 Å². The highest BCUT2D eigenvalue weighted by Crippen LogP contribution is 2.26. The molecule has 2 amide bonds. The van der Waals surface area contributed by atoms with Crippen LogP contribution in [0, 0.1) is 0 Å². The van der Waals surface area contributed by atoms with E-state index in [2.05, 4.69) is 20.6 Å². The van der Waals surface area contributed by atoms with E-state index in [4.69, 9.17) is 0 Å². The zero-order valence-corrected chi connectivity index (χ0v) is 14.1. The average Bonchev–Trinajstić information content (AvgIpc) is 2.89. The number of nitrogens with one attached hydrogen (secondary N) is 3. The fraction of sp³-hybridized carbons (Fsp3) is 0.556. The predicted octanol–water partition coefficient (Wildman–Crippen LogP) is 3.01. The van der Waals surface area contributed by atoms with Crippen molar-refractivity contribution in [2.45, 2.75) is 57.1 Å². The third-order valence-corrected chi connectivity index (χ3v) is 4.78. The van der Waals surface area contributed by atoms with Crippen LogP contribution in [-0.4, -0.2) is 33.3 Å². The van der Waals surface area contributed by atoms with Gasteiger partial charge in [-0.05, 0) is 31.9 Å². The second kappa shape index (κ2) is 7.21. The number of carbonyl (C=O) groups is 1. The summed E-state index contributed by atoms with van der Waals surface area (Å²) in [5.41, 5.74) is 1.07. The topological polar surface area (TPSA) is 90.0 Å². The lowest BCUT2D eigenvalue weighted by molar-refractivity contribution is 0.0276. The van der Waals surface area contributed by atoms with Gasteiger partial charge >= 0.3 is 6.03 Å². The summed E-state index contributed by atoms with van der Waals surface area (Å²) in [5.74, 6) is 0.722. The first-order chi connectivity index (χ1) is 11.6. The van der Waals surface area contributed by atoms with Gasteiger partial charge in [-0.15, -0.1) is 0 Å². The zero-order valence-electron chi connectivity index (χ0n) is 14.1. The molecule has 1 aromatic carbocycles. The van der Waals surface area contributed by atoms with Crippen LogP contribution in [0.4, 0.5) is 4.79 Å². The molecule has 1 aliphatic carbocycles. The summed E-state index contributed by atoms with van der Waals surface area (Å²) in [6.07, 6.45) is 5.89. The molecule has 1 atom stereocenters. The molecular formula is C18H26N4O2. The van der Waals surface area contributed by atoms with Crippen LogP contribution in [0.15, 0.2) is 24.3 Å². The van der Waals surface area contributed by atoms with Crippen molar-refractivity contribution in [2.75, 3.05) is 6.54 Å². The number of benzene rings is 1. The van der Waals surface area contributed by atoms with Gasteiger partial charge in [0.05, 0.1) is 22.7 Å². The molecule has 6 nitrogen and oxygen atoms in total. The van der Waals surface area contributed by atoms with Crippen molar-refractivity contribution in [1.29, 1.82) is 0 Å². The number of nitrogens with zero attached hydrogens (tertiary/aromatic N) is 1. The van der Waals surface area contributed by atoms with E-state index in [0.29, 0.717) is 6.54 Å². The van der Waals surface area contributed by atoms with E-state index in [-0.39, 0.29) is 12.1 Å². The number of rotatable bonds is 4. The summed E-state index contributed by atoms with van der Waals surface area (Å²) in [5, 5.41) is 16.3. The predicted molar refractivity (Wildman–Crippen MR) is 93.7 cm³/mol. The van der Waals surface area contributed by atoms with Crippen LogP contribution in [0.25, 0.3) is 11.0 Å². The Hall–Kier alpha value is -2.08. The van der Waals surface area contributed by atoms with E-state index in [1.807, 2.05) is 31.2 Å². The molecule has 0 bridgehead atoms. The summed E-state index contributed by atoms with van der Waals surface area (Å²) >= 11 is 0. The molecule has 1 saturated carbocycles. The highest BCUT2D eigenvalue weighted by atomic mass is 16.3. The van der Waals surface area contributed by atoms with Crippen molar-refractivity contribution in [3.8, 4) is 0 Å². The number of urea groups is 1. The Balaban J connectivity index is 1.54. The molecule has 130 valence electrons. The van der Waals surface area contributed by atoms with Crippen molar-refractivity contribution < 1.29 is 9.90 Å². The molecular weight excluding hydrogens is 304 g/mol. The SMILES string of the molecule is CC(NC(=O)NCC1(O)CCCCCC1)c1nc2ccccc2[nH]1. The summed E-state index contributed by atoms with van der Waals surface area (Å²) in [6, 6.07) is 7.26. The number of aliphatic hydroxyl groups is 1. The van der Waals surface area contributed by atoms with Gasteiger partial charge in [0, 0.05) is 6.54 Å². The molecule has 1 aromatic heterocycles. The fourth-order valence-electron chi connectivity index (χ4n) is 3.30. The Morgan fingerprint density at radius 1 is 1.29 bits per heavy atom. The van der Waals surface area contributed by atoms with Gasteiger partial charge in [-0.3, -0.25) is 0 Å². The maximum Gasteiger partial charge on any atom is 0.315 e. The quantitative estimate of drug-likeness (QED) is 0.650. The lowest BCUT2D eigenvalue weighted by Crippen LogP contribution is -2.46. The van der Waals surface area contributed by atoms with Crippen LogP contribution < -0.4 is 10.6 Å². The third-order valence-electron chi connectivity index (χ3n) is 4.78. The Bertz CT molecular complexity index is 656. The van der Waals surface area contributed by atoms with Gasteiger partial charge in [-0.2, -0.15) is 0 Å². The summed E-state index contributed by atoms with van der Waals surface area (Å²) in [4.78, 5) is 19.9. The van der Waals surface area contributed by atoms with E-state index in [0.717, 1.165) is 55.4 Å². The number of aromatic nitrogens is 2. The maximum absolute atomic E-state index is 12.1. The van der Waals surface area contributed by atoms with E-state index >= 15 is 0 Å². The number of carbonyl (C=O) groups excluding carboxylic acids is 1. The number of hydrogen-bond donors (Lipinski definition) is 4. The largest absolute Gasteiger partial charge is 0.388 e. The Morgan fingerprint density at radius 2 is 2.00 bits per heavy atom. The lowest BCUT2D eigenvalue weighted by Gasteiger charge is -2.27. The number of imidazole rings is 1. The second-order valence-electron chi connectivity index (χ2n) is 6.83. The first-order valence-electron chi connectivity index (χ1n) is 8.77.